The van der Waals surface area contributed by atoms with Crippen molar-refractivity contribution in [1.29, 1.82) is 0 Å². The average molecular weight is 699 g/mol. The third-order valence-corrected chi connectivity index (χ3v) is 14.5. The Kier molecular flexibility index (Phi) is 6.72. The number of aliphatic hydroxyl groups is 3. The van der Waals surface area contributed by atoms with Crippen molar-refractivity contribution in [1.82, 2.24) is 0 Å². The summed E-state index contributed by atoms with van der Waals surface area (Å²) in [7, 11) is 1.15. The number of esters is 3. The van der Waals surface area contributed by atoms with Gasteiger partial charge in [-0.1, -0.05) is 40.7 Å². The van der Waals surface area contributed by atoms with Crippen LogP contribution in [0.5, 0.6) is 0 Å². The van der Waals surface area contributed by atoms with Gasteiger partial charge in [-0.15, -0.1) is 0 Å². The molecular formula is C37H46O13. The Labute approximate surface area is 289 Å². The molecule has 1 aromatic heterocycles. The predicted molar refractivity (Wildman–Crippen MR) is 169 cm³/mol. The molecule has 1 aromatic rings. The van der Waals surface area contributed by atoms with Crippen LogP contribution in [0.3, 0.4) is 0 Å². The summed E-state index contributed by atoms with van der Waals surface area (Å²) in [5, 5.41) is 39.0. The summed E-state index contributed by atoms with van der Waals surface area (Å²) in [6, 6.07) is 1.72. The molecule has 4 aliphatic carbocycles. The van der Waals surface area contributed by atoms with Gasteiger partial charge in [0.25, 0.3) is 5.97 Å². The molecule has 8 rings (SSSR count). The minimum atomic E-state index is -2.40. The van der Waals surface area contributed by atoms with E-state index in [1.54, 1.807) is 39.8 Å². The molecule has 1 spiro atoms. The zero-order chi connectivity index (χ0) is 36.2. The molecule has 272 valence electrons. The maximum absolute atomic E-state index is 13.7. The Hall–Kier alpha value is -3.07. The van der Waals surface area contributed by atoms with Crippen LogP contribution in [0.2, 0.25) is 0 Å². The Morgan fingerprint density at radius 2 is 1.88 bits per heavy atom. The van der Waals surface area contributed by atoms with Crippen LogP contribution in [0.1, 0.15) is 85.8 Å². The summed E-state index contributed by atoms with van der Waals surface area (Å²) in [5.74, 6) is -5.83. The highest BCUT2D eigenvalue weighted by molar-refractivity contribution is 5.88. The molecule has 14 atom stereocenters. The Morgan fingerprint density at radius 1 is 1.16 bits per heavy atom. The summed E-state index contributed by atoms with van der Waals surface area (Å²) in [4.78, 5) is 40.7. The maximum atomic E-state index is 13.7. The number of hydrogen-bond acceptors (Lipinski definition) is 13. The Bertz CT molecular complexity index is 1750. The van der Waals surface area contributed by atoms with Gasteiger partial charge < -0.3 is 48.2 Å². The lowest BCUT2D eigenvalue weighted by atomic mass is 9.34. The van der Waals surface area contributed by atoms with Crippen molar-refractivity contribution in [3.05, 3.63) is 47.5 Å². The third kappa shape index (κ3) is 3.23. The molecular weight excluding hydrogens is 652 g/mol. The van der Waals surface area contributed by atoms with Crippen molar-refractivity contribution in [2.45, 2.75) is 127 Å². The van der Waals surface area contributed by atoms with Gasteiger partial charge in [-0.3, -0.25) is 0 Å². The third-order valence-electron chi connectivity index (χ3n) is 14.5. The summed E-state index contributed by atoms with van der Waals surface area (Å²) in [6.07, 6.45) is 1.14. The number of hydrogen-bond donors (Lipinski definition) is 3. The van der Waals surface area contributed by atoms with E-state index in [1.165, 1.54) is 18.6 Å². The van der Waals surface area contributed by atoms with Crippen LogP contribution in [-0.2, 0) is 42.8 Å². The molecule has 4 bridgehead atoms. The Balaban J connectivity index is 1.46. The minimum Gasteiger partial charge on any atom is -0.472 e. The van der Waals surface area contributed by atoms with E-state index in [0.29, 0.717) is 24.0 Å². The van der Waals surface area contributed by atoms with E-state index in [1.807, 2.05) is 20.8 Å². The van der Waals surface area contributed by atoms with Crippen molar-refractivity contribution in [3.8, 4) is 0 Å². The van der Waals surface area contributed by atoms with Gasteiger partial charge in [0.1, 0.15) is 29.5 Å². The van der Waals surface area contributed by atoms with Gasteiger partial charge >= 0.3 is 17.9 Å². The highest BCUT2D eigenvalue weighted by atomic mass is 17.0. The highest BCUT2D eigenvalue weighted by Crippen LogP contribution is 2.88. The van der Waals surface area contributed by atoms with E-state index in [-0.39, 0.29) is 18.4 Å². The topological polar surface area (TPSA) is 180 Å². The molecule has 3 aliphatic heterocycles. The number of fused-ring (bicyclic) bond motifs is 4. The second kappa shape index (κ2) is 9.87. The first-order valence-corrected chi connectivity index (χ1v) is 17.5. The lowest BCUT2D eigenvalue weighted by Crippen LogP contribution is -2.92. The minimum absolute atomic E-state index is 0.183. The standard InChI is InChI=1S/C37H46O13/c1-9-18(3)26(40)47-28-31(6)17-33(42)32(7,24(31)23(39)27(41)44-8)34-13-12-30(5)21(15-22(38)46-25(30)20-11-14-45-16-20)36(34)29(35(28,33)43)48-37(49-34,50-36)19(4)10-2/h9,11,14-16,19,23-25,28-29,39,42-43H,10,12-13,17H2,1-8H3/b18-9+/t19?,23-,24-,25-,28-,29+,30+,31-,32+,33+,34-,35-,36+,37?/m0/s1. The largest absolute Gasteiger partial charge is 0.472 e. The quantitative estimate of drug-likeness (QED) is 0.215. The number of ether oxygens (including phenoxy) is 6. The molecule has 0 aromatic carbocycles. The molecule has 50 heavy (non-hydrogen) atoms. The van der Waals surface area contributed by atoms with Gasteiger partial charge in [-0.25, -0.2) is 14.4 Å². The van der Waals surface area contributed by atoms with Crippen molar-refractivity contribution in [2.24, 2.45) is 28.1 Å². The molecule has 4 heterocycles. The van der Waals surface area contributed by atoms with E-state index in [2.05, 4.69) is 0 Å². The molecule has 2 unspecified atom stereocenters. The van der Waals surface area contributed by atoms with Crippen molar-refractivity contribution in [2.75, 3.05) is 7.11 Å². The fourth-order valence-electron chi connectivity index (χ4n) is 12.1. The number of aliphatic hydroxyl groups excluding tert-OH is 1. The second-order valence-corrected chi connectivity index (χ2v) is 16.3. The van der Waals surface area contributed by atoms with Crippen LogP contribution < -0.4 is 0 Å². The average Bonchev–Trinajstić information content (AvgIpc) is 3.87. The molecule has 0 radical (unpaired) electrons. The van der Waals surface area contributed by atoms with Crippen molar-refractivity contribution >= 4 is 17.9 Å². The lowest BCUT2D eigenvalue weighted by Gasteiger charge is -2.75. The fourth-order valence-corrected chi connectivity index (χ4v) is 12.1. The van der Waals surface area contributed by atoms with Crippen LogP contribution in [0, 0.1) is 28.1 Å². The first kappa shape index (κ1) is 34.0. The number of cyclic esters (lactones) is 1. The van der Waals surface area contributed by atoms with Crippen LogP contribution in [0.4, 0.5) is 0 Å². The van der Waals surface area contributed by atoms with Crippen molar-refractivity contribution < 1.29 is 62.5 Å². The number of methoxy groups -OCH3 is 1. The van der Waals surface area contributed by atoms with Gasteiger partial charge in [0.05, 0.1) is 19.6 Å². The van der Waals surface area contributed by atoms with Gasteiger partial charge in [0.15, 0.2) is 17.3 Å². The Morgan fingerprint density at radius 3 is 2.50 bits per heavy atom. The molecule has 13 heteroatoms. The van der Waals surface area contributed by atoms with Crippen LogP contribution in [-0.4, -0.2) is 87.0 Å². The summed E-state index contributed by atoms with van der Waals surface area (Å²) < 4.78 is 44.0. The monoisotopic (exact) mass is 698 g/mol. The maximum Gasteiger partial charge on any atom is 0.335 e. The molecule has 7 aliphatic rings. The normalized spacial score (nSPS) is 50.6. The first-order chi connectivity index (χ1) is 23.4. The number of allylic oxidation sites excluding steroid dienone is 1. The van der Waals surface area contributed by atoms with Crippen LogP contribution >= 0.6 is 0 Å². The van der Waals surface area contributed by atoms with Gasteiger partial charge in [0, 0.05) is 45.3 Å². The molecule has 2 saturated heterocycles. The first-order valence-electron chi connectivity index (χ1n) is 17.5. The predicted octanol–water partition coefficient (Wildman–Crippen LogP) is 3.16. The molecule has 6 fully saturated rings. The highest BCUT2D eigenvalue weighted by Gasteiger charge is 3.03. The van der Waals surface area contributed by atoms with Crippen LogP contribution in [0.25, 0.3) is 0 Å². The second-order valence-electron chi connectivity index (χ2n) is 16.3. The van der Waals surface area contributed by atoms with E-state index >= 15 is 0 Å². The number of carbonyl (C=O) groups excluding carboxylic acids is 3. The molecule has 0 amide bonds. The molecule has 13 nitrogen and oxygen atoms in total. The van der Waals surface area contributed by atoms with E-state index in [0.717, 1.165) is 7.11 Å². The summed E-state index contributed by atoms with van der Waals surface area (Å²) >= 11 is 0. The zero-order valence-corrected chi connectivity index (χ0v) is 29.6. The molecule has 4 saturated carbocycles. The smallest absolute Gasteiger partial charge is 0.335 e. The van der Waals surface area contributed by atoms with Crippen molar-refractivity contribution in [3.63, 3.8) is 0 Å². The number of carbonyl (C=O) groups is 3. The molecule has 3 N–H and O–H groups in total. The fraction of sp³-hybridized carbons (Fsp3) is 0.703. The zero-order valence-electron chi connectivity index (χ0n) is 29.6. The van der Waals surface area contributed by atoms with Crippen LogP contribution in [0.15, 0.2) is 46.3 Å². The summed E-state index contributed by atoms with van der Waals surface area (Å²) in [6.45, 7) is 12.4. The lowest BCUT2D eigenvalue weighted by molar-refractivity contribution is -0.457. The summed E-state index contributed by atoms with van der Waals surface area (Å²) in [5.41, 5.74) is -10.8. The van der Waals surface area contributed by atoms with Gasteiger partial charge in [0.2, 0.25) is 0 Å². The van der Waals surface area contributed by atoms with Gasteiger partial charge in [-0.2, -0.15) is 0 Å². The SMILES string of the molecule is C/C=C(\C)C(=O)O[C@H]1[C@@]2(C)C[C@]3(O)[C@@]1(O)[C@H]1OC4(C(C)CC)O[C@@]5(CC[C@]6(C)C(=CC(=O)O[C@H]6c6ccoc6)[C@@]15O4)[C@]3(C)[C@H]2[C@H](O)C(=O)OC. The van der Waals surface area contributed by atoms with Gasteiger partial charge in [-0.05, 0) is 51.2 Å². The van der Waals surface area contributed by atoms with E-state index in [4.69, 9.17) is 32.8 Å². The van der Waals surface area contributed by atoms with E-state index in [9.17, 15) is 29.7 Å². The van der Waals surface area contributed by atoms with E-state index < -0.39 is 98.8 Å². The number of furan rings is 1. The number of rotatable bonds is 7.